The number of nitrogens with zero attached hydrogens (tertiary/aromatic N) is 1. The van der Waals surface area contributed by atoms with Crippen LogP contribution in [0.1, 0.15) is 40.9 Å². The van der Waals surface area contributed by atoms with Crippen LogP contribution in [0.2, 0.25) is 0 Å². The Balaban J connectivity index is 2.20. The number of alkyl halides is 1. The molecular weight excluding hydrogens is 329 g/mol. The standard InChI is InChI=1S/C22H24FNO2/c1-6-24-20-11-15(4)19(10-16(20)5)21(25)13-17-8-7-9-18(12-17)26-22(23)14(2)3/h6-12,22H,2,13H2,1,3-5H3. The van der Waals surface area contributed by atoms with Gasteiger partial charge >= 0.3 is 0 Å². The fourth-order valence-corrected chi connectivity index (χ4v) is 2.61. The van der Waals surface area contributed by atoms with E-state index in [1.54, 1.807) is 31.3 Å². The van der Waals surface area contributed by atoms with Gasteiger partial charge in [0.25, 0.3) is 6.36 Å². The van der Waals surface area contributed by atoms with Crippen LogP contribution in [-0.4, -0.2) is 18.4 Å². The minimum Gasteiger partial charge on any atom is -0.457 e. The molecule has 3 nitrogen and oxygen atoms in total. The molecule has 0 aromatic heterocycles. The number of carbonyl (C=O) groups is 1. The Hall–Kier alpha value is -2.75. The zero-order valence-electron chi connectivity index (χ0n) is 15.7. The molecule has 0 spiro atoms. The topological polar surface area (TPSA) is 38.7 Å². The van der Waals surface area contributed by atoms with Crippen LogP contribution in [0.25, 0.3) is 0 Å². The molecule has 136 valence electrons. The predicted octanol–water partition coefficient (Wildman–Crippen LogP) is 5.70. The first-order valence-electron chi connectivity index (χ1n) is 8.50. The molecule has 0 saturated heterocycles. The molecule has 0 aliphatic carbocycles. The third-order valence-electron chi connectivity index (χ3n) is 4.00. The second-order valence-corrected chi connectivity index (χ2v) is 6.37. The number of ether oxygens (including phenoxy) is 1. The van der Waals surface area contributed by atoms with Crippen molar-refractivity contribution in [3.63, 3.8) is 0 Å². The number of rotatable bonds is 7. The lowest BCUT2D eigenvalue weighted by molar-refractivity contribution is 0.0991. The molecule has 26 heavy (non-hydrogen) atoms. The largest absolute Gasteiger partial charge is 0.457 e. The zero-order chi connectivity index (χ0) is 19.3. The van der Waals surface area contributed by atoms with Crippen molar-refractivity contribution in [2.24, 2.45) is 4.99 Å². The van der Waals surface area contributed by atoms with Gasteiger partial charge in [-0.15, -0.1) is 0 Å². The number of Topliss-reactive ketones (excluding diaryl/α,β-unsaturated/α-hetero) is 1. The highest BCUT2D eigenvalue weighted by Crippen LogP contribution is 2.25. The van der Waals surface area contributed by atoms with Crippen molar-refractivity contribution < 1.29 is 13.9 Å². The lowest BCUT2D eigenvalue weighted by Crippen LogP contribution is -2.11. The molecule has 0 saturated carbocycles. The summed E-state index contributed by atoms with van der Waals surface area (Å²) in [5, 5.41) is 0. The molecule has 0 amide bonds. The van der Waals surface area contributed by atoms with E-state index in [-0.39, 0.29) is 12.2 Å². The molecule has 0 fully saturated rings. The van der Waals surface area contributed by atoms with Gasteiger partial charge in [-0.25, -0.2) is 0 Å². The van der Waals surface area contributed by atoms with Crippen molar-refractivity contribution in [3.8, 4) is 5.75 Å². The van der Waals surface area contributed by atoms with Gasteiger partial charge in [0.2, 0.25) is 0 Å². The van der Waals surface area contributed by atoms with Crippen LogP contribution in [0.4, 0.5) is 10.1 Å². The Bertz CT molecular complexity index is 855. The maximum absolute atomic E-state index is 13.7. The van der Waals surface area contributed by atoms with Gasteiger partial charge in [0, 0.05) is 18.2 Å². The smallest absolute Gasteiger partial charge is 0.259 e. The maximum atomic E-state index is 13.7. The third kappa shape index (κ3) is 4.88. The highest BCUT2D eigenvalue weighted by Gasteiger charge is 2.14. The second-order valence-electron chi connectivity index (χ2n) is 6.37. The first kappa shape index (κ1) is 19.6. The molecule has 0 heterocycles. The molecule has 2 aromatic rings. The first-order valence-corrected chi connectivity index (χ1v) is 8.50. The zero-order valence-corrected chi connectivity index (χ0v) is 15.7. The number of aryl methyl sites for hydroxylation is 2. The Morgan fingerprint density at radius 1 is 1.27 bits per heavy atom. The molecule has 0 aliphatic rings. The van der Waals surface area contributed by atoms with Crippen LogP contribution in [-0.2, 0) is 6.42 Å². The summed E-state index contributed by atoms with van der Waals surface area (Å²) in [5.41, 5.74) is 4.46. The average Bonchev–Trinajstić information content (AvgIpc) is 2.58. The van der Waals surface area contributed by atoms with Crippen LogP contribution in [0.15, 0.2) is 53.5 Å². The normalized spacial score (nSPS) is 12.2. The van der Waals surface area contributed by atoms with Crippen LogP contribution < -0.4 is 4.74 Å². The Morgan fingerprint density at radius 3 is 2.65 bits per heavy atom. The first-order chi connectivity index (χ1) is 12.3. The second kappa shape index (κ2) is 8.56. The fraction of sp³-hybridized carbons (Fsp3) is 0.273. The Kier molecular flexibility index (Phi) is 6.45. The van der Waals surface area contributed by atoms with Crippen molar-refractivity contribution in [1.29, 1.82) is 0 Å². The molecule has 4 heteroatoms. The van der Waals surface area contributed by atoms with Crippen LogP contribution in [0, 0.1) is 13.8 Å². The van der Waals surface area contributed by atoms with Gasteiger partial charge in [-0.2, -0.15) is 4.39 Å². The monoisotopic (exact) mass is 353 g/mol. The summed E-state index contributed by atoms with van der Waals surface area (Å²) in [4.78, 5) is 17.0. The molecule has 0 bridgehead atoms. The van der Waals surface area contributed by atoms with Gasteiger partial charge in [-0.05, 0) is 74.2 Å². The molecule has 2 aromatic carbocycles. The van der Waals surface area contributed by atoms with E-state index in [0.29, 0.717) is 16.9 Å². The number of hydrogen-bond donors (Lipinski definition) is 0. The van der Waals surface area contributed by atoms with E-state index in [0.717, 1.165) is 22.4 Å². The summed E-state index contributed by atoms with van der Waals surface area (Å²) in [6.07, 6.45) is 0.396. The van der Waals surface area contributed by atoms with E-state index in [4.69, 9.17) is 4.74 Å². The van der Waals surface area contributed by atoms with E-state index in [1.165, 1.54) is 0 Å². The third-order valence-corrected chi connectivity index (χ3v) is 4.00. The summed E-state index contributed by atoms with van der Waals surface area (Å²) < 4.78 is 18.9. The lowest BCUT2D eigenvalue weighted by Gasteiger charge is -2.12. The minimum atomic E-state index is -1.56. The number of aliphatic imine (C=N–C) groups is 1. The highest BCUT2D eigenvalue weighted by molar-refractivity contribution is 5.99. The molecule has 1 unspecified atom stereocenters. The quantitative estimate of drug-likeness (QED) is 0.364. The van der Waals surface area contributed by atoms with Gasteiger partial charge in [-0.3, -0.25) is 9.79 Å². The van der Waals surface area contributed by atoms with Crippen molar-refractivity contribution in [2.75, 3.05) is 0 Å². The molecule has 0 N–H and O–H groups in total. The predicted molar refractivity (Wildman–Crippen MR) is 105 cm³/mol. The van der Waals surface area contributed by atoms with Crippen molar-refractivity contribution >= 4 is 17.7 Å². The fourth-order valence-electron chi connectivity index (χ4n) is 2.61. The van der Waals surface area contributed by atoms with Gasteiger partial charge < -0.3 is 4.74 Å². The summed E-state index contributed by atoms with van der Waals surface area (Å²) in [5.74, 6) is 0.387. The number of carbonyl (C=O) groups excluding carboxylic acids is 1. The molecule has 1 atom stereocenters. The summed E-state index contributed by atoms with van der Waals surface area (Å²) >= 11 is 0. The van der Waals surface area contributed by atoms with Gasteiger partial charge in [0.05, 0.1) is 5.69 Å². The SMILES string of the molecule is C=C(C)C(F)Oc1cccc(CC(=O)c2cc(C)c(N=CC)cc2C)c1. The number of hydrogen-bond acceptors (Lipinski definition) is 3. The summed E-state index contributed by atoms with van der Waals surface area (Å²) in [7, 11) is 0. The average molecular weight is 353 g/mol. The van der Waals surface area contributed by atoms with Crippen LogP contribution in [0.3, 0.4) is 0 Å². The Labute approximate surface area is 154 Å². The summed E-state index contributed by atoms with van der Waals surface area (Å²) in [6.45, 7) is 10.8. The maximum Gasteiger partial charge on any atom is 0.259 e. The molecule has 0 radical (unpaired) electrons. The van der Waals surface area contributed by atoms with Crippen LogP contribution in [0.5, 0.6) is 5.75 Å². The van der Waals surface area contributed by atoms with E-state index in [2.05, 4.69) is 11.6 Å². The van der Waals surface area contributed by atoms with E-state index in [9.17, 15) is 9.18 Å². The number of benzene rings is 2. The van der Waals surface area contributed by atoms with E-state index < -0.39 is 6.36 Å². The lowest BCUT2D eigenvalue weighted by atomic mass is 9.96. The Morgan fingerprint density at radius 2 is 2.00 bits per heavy atom. The van der Waals surface area contributed by atoms with Crippen molar-refractivity contribution in [2.45, 2.75) is 40.5 Å². The molecule has 0 aliphatic heterocycles. The van der Waals surface area contributed by atoms with Gasteiger partial charge in [0.15, 0.2) is 5.78 Å². The van der Waals surface area contributed by atoms with Crippen molar-refractivity contribution in [3.05, 3.63) is 70.8 Å². The van der Waals surface area contributed by atoms with Crippen LogP contribution >= 0.6 is 0 Å². The van der Waals surface area contributed by atoms with Gasteiger partial charge in [0.1, 0.15) is 5.75 Å². The number of ketones is 1. The molecule has 2 rings (SSSR count). The summed E-state index contributed by atoms with van der Waals surface area (Å²) in [6, 6.07) is 10.7. The minimum absolute atomic E-state index is 0.00600. The van der Waals surface area contributed by atoms with Gasteiger partial charge in [-0.1, -0.05) is 18.7 Å². The highest BCUT2D eigenvalue weighted by atomic mass is 19.1. The molecular formula is C22H24FNO2. The van der Waals surface area contributed by atoms with Crippen molar-refractivity contribution in [1.82, 2.24) is 0 Å². The number of halogens is 1. The van der Waals surface area contributed by atoms with E-state index >= 15 is 0 Å². The van der Waals surface area contributed by atoms with E-state index in [1.807, 2.05) is 39.0 Å².